The predicted molar refractivity (Wildman–Crippen MR) is 100 cm³/mol. The molecule has 2 atom stereocenters. The normalized spacial score (nSPS) is 20.4. The molecule has 2 aromatic carbocycles. The quantitative estimate of drug-likeness (QED) is 0.798. The molecule has 0 aromatic heterocycles. The van der Waals surface area contributed by atoms with E-state index in [1.54, 1.807) is 18.2 Å². The number of carboxylic acid groups (broad SMARTS) is 1. The second-order valence-corrected chi connectivity index (χ2v) is 6.88. The first kappa shape index (κ1) is 19.0. The molecule has 0 unspecified atom stereocenters. The minimum absolute atomic E-state index is 0.0638. The summed E-state index contributed by atoms with van der Waals surface area (Å²) in [5, 5.41) is 13.3. The van der Waals surface area contributed by atoms with Crippen molar-refractivity contribution in [2.75, 3.05) is 26.3 Å². The molecule has 2 aromatic rings. The van der Waals surface area contributed by atoms with E-state index in [1.807, 2.05) is 12.1 Å². The Kier molecular flexibility index (Phi) is 6.38. The summed E-state index contributed by atoms with van der Waals surface area (Å²) >= 11 is 12.2. The lowest BCUT2D eigenvalue weighted by Gasteiger charge is -2.25. The smallest absolute Gasteiger partial charge is 0.335 e. The fourth-order valence-electron chi connectivity index (χ4n) is 2.89. The Balaban J connectivity index is 1.72. The maximum Gasteiger partial charge on any atom is 0.335 e. The number of ether oxygens (including phenoxy) is 2. The number of hydrogen-bond acceptors (Lipinski definition) is 4. The van der Waals surface area contributed by atoms with Gasteiger partial charge >= 0.3 is 5.97 Å². The topological polar surface area (TPSA) is 67.8 Å². The van der Waals surface area contributed by atoms with Gasteiger partial charge in [-0.3, -0.25) is 0 Å². The zero-order valence-corrected chi connectivity index (χ0v) is 15.5. The lowest BCUT2D eigenvalue weighted by molar-refractivity contribution is 0.0153. The molecular formula is C19H19Cl2NO4. The van der Waals surface area contributed by atoms with Gasteiger partial charge in [0.2, 0.25) is 0 Å². The summed E-state index contributed by atoms with van der Waals surface area (Å²) in [6, 6.07) is 11.9. The van der Waals surface area contributed by atoms with Crippen molar-refractivity contribution < 1.29 is 19.4 Å². The van der Waals surface area contributed by atoms with E-state index in [4.69, 9.17) is 37.8 Å². The third-order valence-electron chi connectivity index (χ3n) is 4.25. The van der Waals surface area contributed by atoms with Gasteiger partial charge in [-0.25, -0.2) is 4.79 Å². The van der Waals surface area contributed by atoms with Crippen LogP contribution in [0.3, 0.4) is 0 Å². The van der Waals surface area contributed by atoms with Crippen LogP contribution in [0.25, 0.3) is 0 Å². The van der Waals surface area contributed by atoms with Crippen LogP contribution in [0.15, 0.2) is 42.5 Å². The average Bonchev–Trinajstić information content (AvgIpc) is 2.88. The third kappa shape index (κ3) is 4.68. The highest BCUT2D eigenvalue weighted by molar-refractivity contribution is 6.42. The third-order valence-corrected chi connectivity index (χ3v) is 4.99. The summed E-state index contributed by atoms with van der Waals surface area (Å²) in [7, 11) is 0. The van der Waals surface area contributed by atoms with Gasteiger partial charge in [0.1, 0.15) is 5.75 Å². The van der Waals surface area contributed by atoms with Gasteiger partial charge in [-0.15, -0.1) is 0 Å². The standard InChI is InChI=1S/C19H19Cl2NO4/c20-16-6-3-13(9-17(16)21)18-14(10-22-7-8-25-18)11-26-15-4-1-12(2-5-15)19(23)24/h1-6,9,14,18,22H,7-8,10-11H2,(H,23,24)/t14-,18+/m1/s1. The summed E-state index contributed by atoms with van der Waals surface area (Å²) in [6.45, 7) is 2.51. The minimum atomic E-state index is -0.961. The highest BCUT2D eigenvalue weighted by Crippen LogP contribution is 2.32. The van der Waals surface area contributed by atoms with Gasteiger partial charge in [-0.2, -0.15) is 0 Å². The molecule has 3 rings (SSSR count). The van der Waals surface area contributed by atoms with E-state index in [0.717, 1.165) is 18.7 Å². The van der Waals surface area contributed by atoms with Gasteiger partial charge in [-0.1, -0.05) is 29.3 Å². The molecule has 0 spiro atoms. The molecule has 2 N–H and O–H groups in total. The average molecular weight is 396 g/mol. The molecule has 0 radical (unpaired) electrons. The molecule has 1 aliphatic rings. The molecule has 7 heteroatoms. The van der Waals surface area contributed by atoms with Crippen LogP contribution in [0.5, 0.6) is 5.75 Å². The molecule has 0 amide bonds. The van der Waals surface area contributed by atoms with Crippen LogP contribution in [0.1, 0.15) is 22.0 Å². The zero-order valence-electron chi connectivity index (χ0n) is 14.0. The molecule has 1 heterocycles. The van der Waals surface area contributed by atoms with E-state index in [-0.39, 0.29) is 17.6 Å². The number of carbonyl (C=O) groups is 1. The number of nitrogens with one attached hydrogen (secondary N) is 1. The molecule has 0 aliphatic carbocycles. The molecule has 138 valence electrons. The summed E-state index contributed by atoms with van der Waals surface area (Å²) in [5.41, 5.74) is 1.18. The number of rotatable bonds is 5. The zero-order chi connectivity index (χ0) is 18.5. The van der Waals surface area contributed by atoms with Crippen molar-refractivity contribution in [2.24, 2.45) is 5.92 Å². The Morgan fingerprint density at radius 1 is 1.19 bits per heavy atom. The summed E-state index contributed by atoms with van der Waals surface area (Å²) in [5.74, 6) is -0.279. The van der Waals surface area contributed by atoms with E-state index in [1.165, 1.54) is 12.1 Å². The fraction of sp³-hybridized carbons (Fsp3) is 0.316. The number of aromatic carboxylic acids is 1. The second-order valence-electron chi connectivity index (χ2n) is 6.07. The minimum Gasteiger partial charge on any atom is -0.493 e. The fourth-order valence-corrected chi connectivity index (χ4v) is 3.20. The van der Waals surface area contributed by atoms with Crippen LogP contribution in [0.4, 0.5) is 0 Å². The van der Waals surface area contributed by atoms with Gasteiger partial charge in [0.15, 0.2) is 0 Å². The largest absolute Gasteiger partial charge is 0.493 e. The van der Waals surface area contributed by atoms with E-state index in [0.29, 0.717) is 29.0 Å². The molecular weight excluding hydrogens is 377 g/mol. The first-order chi connectivity index (χ1) is 12.5. The number of halogens is 2. The number of benzene rings is 2. The Hall–Kier alpha value is -1.79. The monoisotopic (exact) mass is 395 g/mol. The van der Waals surface area contributed by atoms with E-state index in [2.05, 4.69) is 5.32 Å². The van der Waals surface area contributed by atoms with Crippen molar-refractivity contribution in [3.63, 3.8) is 0 Å². The SMILES string of the molecule is O=C(O)c1ccc(OC[C@H]2CNCCO[C@H]2c2ccc(Cl)c(Cl)c2)cc1. The van der Waals surface area contributed by atoms with Crippen molar-refractivity contribution >= 4 is 29.2 Å². The predicted octanol–water partition coefficient (Wildman–Crippen LogP) is 4.05. The second kappa shape index (κ2) is 8.73. The molecule has 0 bridgehead atoms. The van der Waals surface area contributed by atoms with Gasteiger partial charge in [0.05, 0.1) is 34.9 Å². The van der Waals surface area contributed by atoms with Crippen LogP contribution in [-0.4, -0.2) is 37.4 Å². The highest BCUT2D eigenvalue weighted by atomic mass is 35.5. The lowest BCUT2D eigenvalue weighted by Crippen LogP contribution is -2.29. The van der Waals surface area contributed by atoms with Crippen molar-refractivity contribution in [3.05, 3.63) is 63.6 Å². The molecule has 0 saturated carbocycles. The molecule has 1 fully saturated rings. The molecule has 1 saturated heterocycles. The number of carboxylic acids is 1. The van der Waals surface area contributed by atoms with E-state index >= 15 is 0 Å². The van der Waals surface area contributed by atoms with Crippen LogP contribution in [-0.2, 0) is 4.74 Å². The maximum atomic E-state index is 10.9. The Morgan fingerprint density at radius 3 is 2.65 bits per heavy atom. The number of hydrogen-bond donors (Lipinski definition) is 2. The van der Waals surface area contributed by atoms with Gasteiger partial charge in [0, 0.05) is 19.0 Å². The lowest BCUT2D eigenvalue weighted by atomic mass is 9.96. The van der Waals surface area contributed by atoms with Crippen LogP contribution < -0.4 is 10.1 Å². The van der Waals surface area contributed by atoms with E-state index in [9.17, 15) is 4.79 Å². The van der Waals surface area contributed by atoms with Crippen LogP contribution in [0.2, 0.25) is 10.0 Å². The van der Waals surface area contributed by atoms with Crippen molar-refractivity contribution in [1.82, 2.24) is 5.32 Å². The first-order valence-corrected chi connectivity index (χ1v) is 9.03. The molecule has 5 nitrogen and oxygen atoms in total. The highest BCUT2D eigenvalue weighted by Gasteiger charge is 2.27. The summed E-state index contributed by atoms with van der Waals surface area (Å²) < 4.78 is 11.9. The van der Waals surface area contributed by atoms with Crippen LogP contribution in [0, 0.1) is 5.92 Å². The van der Waals surface area contributed by atoms with E-state index < -0.39 is 5.97 Å². The Bertz CT molecular complexity index is 767. The van der Waals surface area contributed by atoms with Gasteiger partial charge < -0.3 is 19.9 Å². The molecule has 26 heavy (non-hydrogen) atoms. The Labute approximate surface area is 161 Å². The first-order valence-electron chi connectivity index (χ1n) is 8.28. The van der Waals surface area contributed by atoms with Crippen molar-refractivity contribution in [2.45, 2.75) is 6.10 Å². The Morgan fingerprint density at radius 2 is 1.96 bits per heavy atom. The maximum absolute atomic E-state index is 10.9. The van der Waals surface area contributed by atoms with Gasteiger partial charge in [0.25, 0.3) is 0 Å². The van der Waals surface area contributed by atoms with Crippen molar-refractivity contribution in [3.8, 4) is 5.75 Å². The molecule has 1 aliphatic heterocycles. The summed E-state index contributed by atoms with van der Waals surface area (Å²) in [6.07, 6.45) is -0.168. The summed E-state index contributed by atoms with van der Waals surface area (Å²) in [4.78, 5) is 10.9. The van der Waals surface area contributed by atoms with Crippen LogP contribution >= 0.6 is 23.2 Å². The van der Waals surface area contributed by atoms with Crippen molar-refractivity contribution in [1.29, 1.82) is 0 Å². The van der Waals surface area contributed by atoms with Gasteiger partial charge in [-0.05, 0) is 42.0 Å².